The van der Waals surface area contributed by atoms with E-state index in [4.69, 9.17) is 32.7 Å². The molecule has 0 heterocycles. The van der Waals surface area contributed by atoms with Crippen LogP contribution in [0.15, 0.2) is 41.5 Å². The summed E-state index contributed by atoms with van der Waals surface area (Å²) in [5, 5.41) is 4.65. The largest absolute Gasteiger partial charge is 0.493 e. The van der Waals surface area contributed by atoms with E-state index in [-0.39, 0.29) is 22.2 Å². The molecular weight excluding hydrogens is 511 g/mol. The zero-order chi connectivity index (χ0) is 26.9. The van der Waals surface area contributed by atoms with Gasteiger partial charge in [-0.1, -0.05) is 94.3 Å². The maximum absolute atomic E-state index is 12.5. The molecule has 2 rings (SSSR count). The molecule has 0 atom stereocenters. The lowest BCUT2D eigenvalue weighted by Gasteiger charge is -2.10. The van der Waals surface area contributed by atoms with E-state index in [0.29, 0.717) is 22.8 Å². The van der Waals surface area contributed by atoms with Crippen LogP contribution < -0.4 is 14.9 Å². The number of amides is 1. The third-order valence-corrected chi connectivity index (χ3v) is 6.50. The molecule has 0 aromatic heterocycles. The third-order valence-electron chi connectivity index (χ3n) is 5.95. The van der Waals surface area contributed by atoms with Crippen LogP contribution in [-0.2, 0) is 4.79 Å². The fourth-order valence-corrected chi connectivity index (χ4v) is 4.33. The summed E-state index contributed by atoms with van der Waals surface area (Å²) >= 11 is 12.0. The second-order valence-corrected chi connectivity index (χ2v) is 9.85. The molecule has 1 amide bonds. The Kier molecular flexibility index (Phi) is 14.8. The van der Waals surface area contributed by atoms with E-state index in [1.807, 2.05) is 0 Å². The van der Waals surface area contributed by atoms with E-state index in [1.165, 1.54) is 83.2 Å². The molecule has 8 heteroatoms. The topological polar surface area (TPSA) is 77.0 Å². The molecule has 0 aliphatic rings. The van der Waals surface area contributed by atoms with Gasteiger partial charge in [0, 0.05) is 11.4 Å². The Labute approximate surface area is 230 Å². The molecule has 2 aromatic rings. The normalized spacial score (nSPS) is 11.0. The van der Waals surface area contributed by atoms with Crippen molar-refractivity contribution in [2.75, 3.05) is 7.11 Å². The van der Waals surface area contributed by atoms with E-state index in [0.717, 1.165) is 12.8 Å². The number of methoxy groups -OCH3 is 1. The van der Waals surface area contributed by atoms with Crippen LogP contribution in [0.1, 0.15) is 99.9 Å². The van der Waals surface area contributed by atoms with Crippen LogP contribution in [0.2, 0.25) is 10.0 Å². The SMILES string of the molecule is CCCCCCCCCCCCCC(=O)NN=Cc1ccc(OC(=O)c2ccc(Cl)cc2Cl)c(OC)c1. The number of benzene rings is 2. The zero-order valence-electron chi connectivity index (χ0n) is 21.9. The summed E-state index contributed by atoms with van der Waals surface area (Å²) in [5.74, 6) is -0.161. The Morgan fingerprint density at radius 3 is 2.14 bits per heavy atom. The molecule has 0 aliphatic heterocycles. The van der Waals surface area contributed by atoms with Gasteiger partial charge in [0.1, 0.15) is 0 Å². The van der Waals surface area contributed by atoms with Gasteiger partial charge in [0.15, 0.2) is 11.5 Å². The lowest BCUT2D eigenvalue weighted by Crippen LogP contribution is -2.16. The number of carbonyl (C=O) groups is 2. The molecule has 0 spiro atoms. The molecule has 6 nitrogen and oxygen atoms in total. The first-order valence-corrected chi connectivity index (χ1v) is 13.9. The molecule has 1 N–H and O–H groups in total. The Hall–Kier alpha value is -2.57. The smallest absolute Gasteiger partial charge is 0.345 e. The van der Waals surface area contributed by atoms with Gasteiger partial charge in [0.2, 0.25) is 5.91 Å². The van der Waals surface area contributed by atoms with Crippen molar-refractivity contribution in [3.63, 3.8) is 0 Å². The number of nitrogens with zero attached hydrogens (tertiary/aromatic N) is 1. The number of carbonyl (C=O) groups excluding carboxylic acids is 2. The van der Waals surface area contributed by atoms with E-state index in [2.05, 4.69) is 17.5 Å². The van der Waals surface area contributed by atoms with Gasteiger partial charge in [-0.05, 0) is 48.4 Å². The fraction of sp³-hybridized carbons (Fsp3) is 0.483. The highest BCUT2D eigenvalue weighted by Crippen LogP contribution is 2.30. The van der Waals surface area contributed by atoms with Crippen molar-refractivity contribution in [3.8, 4) is 11.5 Å². The van der Waals surface area contributed by atoms with Gasteiger partial charge in [0.25, 0.3) is 0 Å². The number of hydrogen-bond acceptors (Lipinski definition) is 5. The van der Waals surface area contributed by atoms with E-state index >= 15 is 0 Å². The summed E-state index contributed by atoms with van der Waals surface area (Å²) in [6.45, 7) is 2.24. The van der Waals surface area contributed by atoms with Crippen LogP contribution in [0.3, 0.4) is 0 Å². The number of hydrazone groups is 1. The summed E-state index contributed by atoms with van der Waals surface area (Å²) < 4.78 is 10.8. The predicted molar refractivity (Wildman–Crippen MR) is 151 cm³/mol. The Morgan fingerprint density at radius 2 is 1.51 bits per heavy atom. The number of halogens is 2. The van der Waals surface area contributed by atoms with Crippen molar-refractivity contribution in [1.82, 2.24) is 5.43 Å². The molecular formula is C29H38Cl2N2O4. The van der Waals surface area contributed by atoms with Crippen LogP contribution in [0.4, 0.5) is 0 Å². The minimum atomic E-state index is -0.629. The van der Waals surface area contributed by atoms with Crippen molar-refractivity contribution in [3.05, 3.63) is 57.6 Å². The lowest BCUT2D eigenvalue weighted by molar-refractivity contribution is -0.121. The van der Waals surface area contributed by atoms with Crippen LogP contribution in [-0.4, -0.2) is 25.2 Å². The summed E-state index contributed by atoms with van der Waals surface area (Å²) in [5.41, 5.74) is 3.43. The minimum Gasteiger partial charge on any atom is -0.493 e. The van der Waals surface area contributed by atoms with Crippen LogP contribution in [0, 0.1) is 0 Å². The van der Waals surface area contributed by atoms with Gasteiger partial charge in [0.05, 0.1) is 23.9 Å². The molecule has 0 fully saturated rings. The molecule has 0 aliphatic carbocycles. The van der Waals surface area contributed by atoms with Crippen molar-refractivity contribution >= 4 is 41.3 Å². The molecule has 0 unspecified atom stereocenters. The minimum absolute atomic E-state index is 0.107. The summed E-state index contributed by atoms with van der Waals surface area (Å²) in [6.07, 6.45) is 15.6. The first-order chi connectivity index (χ1) is 17.9. The molecule has 0 saturated carbocycles. The highest BCUT2D eigenvalue weighted by molar-refractivity contribution is 6.36. The van der Waals surface area contributed by atoms with Crippen molar-refractivity contribution in [2.45, 2.75) is 84.0 Å². The van der Waals surface area contributed by atoms with E-state index < -0.39 is 5.97 Å². The number of rotatable bonds is 17. The standard InChI is InChI=1S/C29H38Cl2N2O4/c1-3-4-5-6-7-8-9-10-11-12-13-14-28(34)33-32-21-22-15-18-26(27(19-22)36-2)37-29(35)24-17-16-23(30)20-25(24)31/h15-21H,3-14H2,1-2H3,(H,33,34). The summed E-state index contributed by atoms with van der Waals surface area (Å²) in [7, 11) is 1.47. The lowest BCUT2D eigenvalue weighted by atomic mass is 10.1. The molecule has 0 bridgehead atoms. The second-order valence-electron chi connectivity index (χ2n) is 9.00. The molecule has 37 heavy (non-hydrogen) atoms. The maximum Gasteiger partial charge on any atom is 0.345 e. The summed E-state index contributed by atoms with van der Waals surface area (Å²) in [6, 6.07) is 9.49. The van der Waals surface area contributed by atoms with Crippen LogP contribution in [0.5, 0.6) is 11.5 Å². The first kappa shape index (κ1) is 30.7. The average Bonchev–Trinajstić information content (AvgIpc) is 2.88. The number of hydrogen-bond donors (Lipinski definition) is 1. The molecule has 0 radical (unpaired) electrons. The number of nitrogens with one attached hydrogen (secondary N) is 1. The highest BCUT2D eigenvalue weighted by Gasteiger charge is 2.16. The number of esters is 1. The van der Waals surface area contributed by atoms with Crippen LogP contribution >= 0.6 is 23.2 Å². The van der Waals surface area contributed by atoms with Crippen molar-refractivity contribution in [2.24, 2.45) is 5.10 Å². The maximum atomic E-state index is 12.5. The van der Waals surface area contributed by atoms with E-state index in [1.54, 1.807) is 24.3 Å². The van der Waals surface area contributed by atoms with Crippen molar-refractivity contribution < 1.29 is 19.1 Å². The third kappa shape index (κ3) is 12.0. The number of unbranched alkanes of at least 4 members (excludes halogenated alkanes) is 10. The Morgan fingerprint density at radius 1 is 0.865 bits per heavy atom. The van der Waals surface area contributed by atoms with Gasteiger partial charge >= 0.3 is 5.97 Å². The predicted octanol–water partition coefficient (Wildman–Crippen LogP) is 8.37. The van der Waals surface area contributed by atoms with Crippen molar-refractivity contribution in [1.29, 1.82) is 0 Å². The van der Waals surface area contributed by atoms with Gasteiger partial charge in [-0.15, -0.1) is 0 Å². The molecule has 0 saturated heterocycles. The van der Waals surface area contributed by atoms with E-state index in [9.17, 15) is 9.59 Å². The van der Waals surface area contributed by atoms with Crippen LogP contribution in [0.25, 0.3) is 0 Å². The Balaban J connectivity index is 1.70. The molecule has 2 aromatic carbocycles. The van der Waals surface area contributed by atoms with Gasteiger partial charge in [-0.2, -0.15) is 5.10 Å². The number of ether oxygens (including phenoxy) is 2. The monoisotopic (exact) mass is 548 g/mol. The first-order valence-electron chi connectivity index (χ1n) is 13.1. The quantitative estimate of drug-likeness (QED) is 0.0707. The fourth-order valence-electron chi connectivity index (χ4n) is 3.84. The average molecular weight is 550 g/mol. The Bertz CT molecular complexity index is 1030. The molecule has 202 valence electrons. The van der Waals surface area contributed by atoms with Gasteiger partial charge < -0.3 is 9.47 Å². The summed E-state index contributed by atoms with van der Waals surface area (Å²) in [4.78, 5) is 24.5. The highest BCUT2D eigenvalue weighted by atomic mass is 35.5. The second kappa shape index (κ2) is 17.8. The van der Waals surface area contributed by atoms with Gasteiger partial charge in [-0.3, -0.25) is 4.79 Å². The zero-order valence-corrected chi connectivity index (χ0v) is 23.4. The van der Waals surface area contributed by atoms with Gasteiger partial charge in [-0.25, -0.2) is 10.2 Å².